The molecule has 2 aliphatic heterocycles. The number of benzene rings is 3. The number of rotatable bonds is 2. The third-order valence-electron chi connectivity index (χ3n) is 8.97. The summed E-state index contributed by atoms with van der Waals surface area (Å²) in [6, 6.07) is 32.7. The molecule has 0 fully saturated rings. The largest absolute Gasteiger partial charge is 0.278 e. The summed E-state index contributed by atoms with van der Waals surface area (Å²) in [6.45, 7) is 13.6. The molecular weight excluding hydrogens is 474 g/mol. The Morgan fingerprint density at radius 3 is 1.36 bits per heavy atom. The van der Waals surface area contributed by atoms with Gasteiger partial charge in [-0.3, -0.25) is 4.90 Å². The van der Waals surface area contributed by atoms with Gasteiger partial charge in [-0.15, -0.1) is 0 Å². The van der Waals surface area contributed by atoms with Crippen LogP contribution in [0.3, 0.4) is 0 Å². The zero-order valence-electron chi connectivity index (χ0n) is 23.5. The van der Waals surface area contributed by atoms with E-state index in [-0.39, 0.29) is 10.8 Å². The van der Waals surface area contributed by atoms with Crippen LogP contribution in [0.5, 0.6) is 0 Å². The molecule has 0 atom stereocenters. The van der Waals surface area contributed by atoms with Crippen molar-refractivity contribution in [2.75, 3.05) is 4.90 Å². The van der Waals surface area contributed by atoms with E-state index >= 15 is 0 Å². The van der Waals surface area contributed by atoms with Gasteiger partial charge in [0.2, 0.25) is 0 Å². The average Bonchev–Trinajstić information content (AvgIpc) is 2.93. The summed E-state index contributed by atoms with van der Waals surface area (Å²) in [6.07, 6.45) is 0. The van der Waals surface area contributed by atoms with Crippen molar-refractivity contribution in [3.63, 3.8) is 0 Å². The first-order valence-electron chi connectivity index (χ1n) is 13.8. The summed E-state index contributed by atoms with van der Waals surface area (Å²) in [5, 5.41) is 0. The minimum absolute atomic E-state index is 0.199. The second-order valence-corrected chi connectivity index (χ2v) is 12.1. The fraction of sp³-hybridized carbons (Fsp3) is 0.222. The summed E-state index contributed by atoms with van der Waals surface area (Å²) in [5.41, 5.74) is 12.7. The summed E-state index contributed by atoms with van der Waals surface area (Å²) < 4.78 is 0. The van der Waals surface area contributed by atoms with Gasteiger partial charge in [0.1, 0.15) is 11.6 Å². The second-order valence-electron chi connectivity index (χ2n) is 12.1. The molecule has 5 aromatic rings. The molecule has 4 heterocycles. The SMILES string of the molecule is Cc1ccccc1-c1ccc2c(n1)N1c3nc(-c4ccccc4C)ccc3C(C)(C)c3cccc(c31)C2(C)C. The molecule has 192 valence electrons. The van der Waals surface area contributed by atoms with Gasteiger partial charge >= 0.3 is 0 Å². The highest BCUT2D eigenvalue weighted by molar-refractivity contribution is 5.91. The van der Waals surface area contributed by atoms with E-state index in [2.05, 4.69) is 137 Å². The lowest BCUT2D eigenvalue weighted by Crippen LogP contribution is -2.39. The molecule has 0 amide bonds. The van der Waals surface area contributed by atoms with Crippen LogP contribution in [-0.2, 0) is 10.8 Å². The molecule has 3 aromatic carbocycles. The number of fused-ring (bicyclic) bond motifs is 4. The molecule has 3 heteroatoms. The zero-order valence-corrected chi connectivity index (χ0v) is 23.5. The Morgan fingerprint density at radius 2 is 0.923 bits per heavy atom. The summed E-state index contributed by atoms with van der Waals surface area (Å²) >= 11 is 0. The Bertz CT molecular complexity index is 1670. The predicted octanol–water partition coefficient (Wildman–Crippen LogP) is 9.18. The lowest BCUT2D eigenvalue weighted by Gasteiger charge is -2.48. The van der Waals surface area contributed by atoms with Crippen molar-refractivity contribution in [1.29, 1.82) is 0 Å². The molecule has 3 nitrogen and oxygen atoms in total. The Hall–Kier alpha value is -4.24. The lowest BCUT2D eigenvalue weighted by molar-refractivity contribution is 0.591. The van der Waals surface area contributed by atoms with Crippen LogP contribution < -0.4 is 4.90 Å². The van der Waals surface area contributed by atoms with Gasteiger partial charge in [0.25, 0.3) is 0 Å². The maximum Gasteiger partial charge on any atom is 0.143 e. The van der Waals surface area contributed by atoms with Crippen LogP contribution in [0.25, 0.3) is 22.5 Å². The average molecular weight is 508 g/mol. The summed E-state index contributed by atoms with van der Waals surface area (Å²) in [5.74, 6) is 1.96. The number of anilines is 3. The molecule has 0 bridgehead atoms. The van der Waals surface area contributed by atoms with Crippen molar-refractivity contribution in [2.24, 2.45) is 0 Å². The van der Waals surface area contributed by atoms with Gasteiger partial charge in [-0.25, -0.2) is 9.97 Å². The quantitative estimate of drug-likeness (QED) is 0.238. The van der Waals surface area contributed by atoms with Gasteiger partial charge in [0, 0.05) is 33.1 Å². The number of hydrogen-bond acceptors (Lipinski definition) is 3. The number of nitrogens with zero attached hydrogens (tertiary/aromatic N) is 3. The van der Waals surface area contributed by atoms with Gasteiger partial charge in [-0.1, -0.05) is 107 Å². The number of hydrogen-bond donors (Lipinski definition) is 0. The molecule has 0 radical (unpaired) electrons. The van der Waals surface area contributed by atoms with Crippen LogP contribution in [-0.4, -0.2) is 9.97 Å². The van der Waals surface area contributed by atoms with E-state index in [4.69, 9.17) is 9.97 Å². The molecule has 2 aliphatic rings. The monoisotopic (exact) mass is 507 g/mol. The summed E-state index contributed by atoms with van der Waals surface area (Å²) in [7, 11) is 0. The van der Waals surface area contributed by atoms with E-state index in [0.717, 1.165) is 34.2 Å². The van der Waals surface area contributed by atoms with E-state index in [9.17, 15) is 0 Å². The molecule has 7 rings (SSSR count). The highest BCUT2D eigenvalue weighted by Gasteiger charge is 2.46. The van der Waals surface area contributed by atoms with E-state index in [1.54, 1.807) is 0 Å². The highest BCUT2D eigenvalue weighted by Crippen LogP contribution is 2.59. The van der Waals surface area contributed by atoms with E-state index in [0.29, 0.717) is 0 Å². The van der Waals surface area contributed by atoms with E-state index in [1.807, 2.05) is 0 Å². The highest BCUT2D eigenvalue weighted by atomic mass is 15.3. The lowest BCUT2D eigenvalue weighted by atomic mass is 9.67. The molecule has 39 heavy (non-hydrogen) atoms. The predicted molar refractivity (Wildman–Crippen MR) is 161 cm³/mol. The Balaban J connectivity index is 1.56. The molecular formula is C36H33N3. The fourth-order valence-corrected chi connectivity index (χ4v) is 6.63. The van der Waals surface area contributed by atoms with Crippen molar-refractivity contribution >= 4 is 17.3 Å². The van der Waals surface area contributed by atoms with Crippen LogP contribution in [0, 0.1) is 13.8 Å². The van der Waals surface area contributed by atoms with Crippen molar-refractivity contribution in [1.82, 2.24) is 9.97 Å². The molecule has 0 spiro atoms. The Labute approximate surface area is 231 Å². The fourth-order valence-electron chi connectivity index (χ4n) is 6.63. The van der Waals surface area contributed by atoms with Gasteiger partial charge < -0.3 is 0 Å². The van der Waals surface area contributed by atoms with Crippen LogP contribution in [0.1, 0.15) is 61.1 Å². The van der Waals surface area contributed by atoms with Crippen LogP contribution in [0.2, 0.25) is 0 Å². The first-order valence-corrected chi connectivity index (χ1v) is 13.8. The molecule has 0 unspecified atom stereocenters. The van der Waals surface area contributed by atoms with Crippen molar-refractivity contribution < 1.29 is 0 Å². The first-order chi connectivity index (χ1) is 18.7. The van der Waals surface area contributed by atoms with Crippen LogP contribution in [0.4, 0.5) is 17.3 Å². The third kappa shape index (κ3) is 3.29. The molecule has 0 saturated carbocycles. The number of pyridine rings is 2. The molecule has 0 saturated heterocycles. The number of para-hydroxylation sites is 1. The van der Waals surface area contributed by atoms with Gasteiger partial charge in [0.05, 0.1) is 17.1 Å². The van der Waals surface area contributed by atoms with Crippen molar-refractivity contribution in [3.8, 4) is 22.5 Å². The minimum atomic E-state index is -0.199. The normalized spacial score (nSPS) is 15.8. The maximum absolute atomic E-state index is 5.42. The molecule has 0 N–H and O–H groups in total. The number of aryl methyl sites for hydroxylation is 2. The maximum atomic E-state index is 5.42. The minimum Gasteiger partial charge on any atom is -0.278 e. The van der Waals surface area contributed by atoms with Crippen LogP contribution >= 0.6 is 0 Å². The Morgan fingerprint density at radius 1 is 0.487 bits per heavy atom. The Kier molecular flexibility index (Phi) is 4.97. The standard InChI is InChI=1S/C36H33N3/c1-22-12-7-9-14-24(22)30-20-18-28-33(37-30)39-32-26(35(28,3)4)16-11-17-27(32)36(5,6)29-19-21-31(38-34(29)39)25-15-10-8-13-23(25)2/h7-21H,1-6H3. The number of aromatic nitrogens is 2. The molecule has 0 aliphatic carbocycles. The van der Waals surface area contributed by atoms with Gasteiger partial charge in [0.15, 0.2) is 0 Å². The second kappa shape index (κ2) is 8.13. The third-order valence-corrected chi connectivity index (χ3v) is 8.97. The van der Waals surface area contributed by atoms with Gasteiger partial charge in [-0.2, -0.15) is 0 Å². The first kappa shape index (κ1) is 23.8. The smallest absolute Gasteiger partial charge is 0.143 e. The van der Waals surface area contributed by atoms with Crippen molar-refractivity contribution in [3.05, 3.63) is 124 Å². The molecule has 2 aromatic heterocycles. The topological polar surface area (TPSA) is 29.0 Å². The van der Waals surface area contributed by atoms with E-state index in [1.165, 1.54) is 39.1 Å². The summed E-state index contributed by atoms with van der Waals surface area (Å²) in [4.78, 5) is 13.2. The zero-order chi connectivity index (χ0) is 27.1. The van der Waals surface area contributed by atoms with Crippen LogP contribution in [0.15, 0.2) is 91.0 Å². The van der Waals surface area contributed by atoms with Gasteiger partial charge in [-0.05, 0) is 48.2 Å². The van der Waals surface area contributed by atoms with Crippen molar-refractivity contribution in [2.45, 2.75) is 52.4 Å². The van der Waals surface area contributed by atoms with E-state index < -0.39 is 0 Å².